The third kappa shape index (κ3) is 12.7. The van der Waals surface area contributed by atoms with Gasteiger partial charge in [0.25, 0.3) is 0 Å². The van der Waals surface area contributed by atoms with Crippen LogP contribution in [0.1, 0.15) is 53.4 Å². The average Bonchev–Trinajstić information content (AvgIpc) is 2.60. The van der Waals surface area contributed by atoms with Crippen LogP contribution in [0.4, 0.5) is 0 Å². The summed E-state index contributed by atoms with van der Waals surface area (Å²) < 4.78 is 5.48. The lowest BCUT2D eigenvalue weighted by atomic mass is 10.00. The van der Waals surface area contributed by atoms with Gasteiger partial charge in [0, 0.05) is 7.11 Å². The number of hydrogen-bond donors (Lipinski definition) is 1. The average molecular weight is 359 g/mol. The van der Waals surface area contributed by atoms with E-state index in [9.17, 15) is 5.11 Å². The molecule has 1 N–H and O–H groups in total. The van der Waals surface area contributed by atoms with E-state index in [1.165, 1.54) is 11.1 Å². The molecule has 0 heterocycles. The minimum absolute atomic E-state index is 0.129. The van der Waals surface area contributed by atoms with Gasteiger partial charge in [0.05, 0.1) is 12.2 Å². The minimum Gasteiger partial charge on any atom is -0.389 e. The molecule has 0 aliphatic carbocycles. The van der Waals surface area contributed by atoms with Gasteiger partial charge in [-0.15, -0.1) is 6.58 Å². The first-order valence-corrected chi connectivity index (χ1v) is 9.54. The summed E-state index contributed by atoms with van der Waals surface area (Å²) in [6, 6.07) is 0. The second-order valence-electron chi connectivity index (χ2n) is 6.82. The first-order valence-electron chi connectivity index (χ1n) is 9.54. The highest BCUT2D eigenvalue weighted by molar-refractivity contribution is 5.11. The third-order valence-electron chi connectivity index (χ3n) is 4.14. The molecule has 3 atom stereocenters. The van der Waals surface area contributed by atoms with Gasteiger partial charge >= 0.3 is 0 Å². The molecule has 0 amide bonds. The summed E-state index contributed by atoms with van der Waals surface area (Å²) in [5, 5.41) is 9.98. The van der Waals surface area contributed by atoms with Crippen LogP contribution in [0.2, 0.25) is 0 Å². The fraction of sp³-hybridized carbons (Fsp3) is 0.500. The highest BCUT2D eigenvalue weighted by Gasteiger charge is 2.08. The van der Waals surface area contributed by atoms with Crippen LogP contribution in [0.25, 0.3) is 0 Å². The van der Waals surface area contributed by atoms with Crippen LogP contribution in [0, 0.1) is 5.92 Å². The molecule has 0 spiro atoms. The van der Waals surface area contributed by atoms with Crippen LogP contribution in [-0.2, 0) is 4.74 Å². The molecule has 0 bridgehead atoms. The SMILES string of the molecule is C=CC[C@H](OC)/C(C)=C/[C@@H](C)C/C=C/C=C/C[C@@H](O)/C=C(/C)C/C=C/C. The zero-order valence-corrected chi connectivity index (χ0v) is 17.3. The summed E-state index contributed by atoms with van der Waals surface area (Å²) in [5.74, 6) is 0.463. The van der Waals surface area contributed by atoms with Crippen molar-refractivity contribution in [2.45, 2.75) is 65.6 Å². The van der Waals surface area contributed by atoms with Crippen LogP contribution < -0.4 is 0 Å². The van der Waals surface area contributed by atoms with E-state index in [0.29, 0.717) is 12.3 Å². The number of hydrogen-bond acceptors (Lipinski definition) is 2. The van der Waals surface area contributed by atoms with Crippen LogP contribution >= 0.6 is 0 Å². The van der Waals surface area contributed by atoms with Crippen molar-refractivity contribution >= 4 is 0 Å². The van der Waals surface area contributed by atoms with E-state index in [4.69, 9.17) is 4.74 Å². The number of methoxy groups -OCH3 is 1. The lowest BCUT2D eigenvalue weighted by Crippen LogP contribution is -2.11. The first-order chi connectivity index (χ1) is 12.4. The standard InChI is InChI=1S/C24H38O2/c1-7-9-15-21(4)19-23(25)17-13-11-10-12-16-20(3)18-22(5)24(26-6)14-8-2/h7-13,18-20,23-25H,2,14-17H2,1,3-6H3/b9-7+,12-10+,13-11+,21-19-,22-18+/t20-,23+,24-/m0/s1. The van der Waals surface area contributed by atoms with E-state index in [1.54, 1.807) is 7.11 Å². The Hall–Kier alpha value is -1.64. The van der Waals surface area contributed by atoms with Crippen molar-refractivity contribution in [2.75, 3.05) is 7.11 Å². The van der Waals surface area contributed by atoms with Crippen molar-refractivity contribution in [3.63, 3.8) is 0 Å². The molecule has 0 aromatic rings. The van der Waals surface area contributed by atoms with E-state index in [2.05, 4.69) is 44.7 Å². The van der Waals surface area contributed by atoms with E-state index in [1.807, 2.05) is 44.2 Å². The molecule has 0 aromatic carbocycles. The van der Waals surface area contributed by atoms with Gasteiger partial charge in [-0.05, 0) is 57.9 Å². The van der Waals surface area contributed by atoms with Gasteiger partial charge in [0.1, 0.15) is 0 Å². The molecular weight excluding hydrogens is 320 g/mol. The molecule has 0 aliphatic rings. The Labute approximate surface area is 161 Å². The van der Waals surface area contributed by atoms with Crippen molar-refractivity contribution < 1.29 is 9.84 Å². The van der Waals surface area contributed by atoms with Gasteiger partial charge in [0.2, 0.25) is 0 Å². The van der Waals surface area contributed by atoms with Gasteiger partial charge in [-0.2, -0.15) is 0 Å². The molecule has 0 unspecified atom stereocenters. The maximum Gasteiger partial charge on any atom is 0.0812 e. The van der Waals surface area contributed by atoms with Crippen LogP contribution in [0.5, 0.6) is 0 Å². The van der Waals surface area contributed by atoms with E-state index >= 15 is 0 Å². The van der Waals surface area contributed by atoms with Crippen molar-refractivity contribution in [1.29, 1.82) is 0 Å². The van der Waals surface area contributed by atoms with Gasteiger partial charge < -0.3 is 9.84 Å². The Morgan fingerprint density at radius 2 is 1.69 bits per heavy atom. The smallest absolute Gasteiger partial charge is 0.0812 e. The zero-order chi connectivity index (χ0) is 19.8. The van der Waals surface area contributed by atoms with E-state index in [-0.39, 0.29) is 6.10 Å². The monoisotopic (exact) mass is 358 g/mol. The number of ether oxygens (including phenoxy) is 1. The van der Waals surface area contributed by atoms with Crippen LogP contribution in [0.15, 0.2) is 72.4 Å². The second-order valence-corrected chi connectivity index (χ2v) is 6.82. The molecular formula is C24H38O2. The predicted octanol–water partition coefficient (Wildman–Crippen LogP) is 6.33. The molecule has 2 heteroatoms. The highest BCUT2D eigenvalue weighted by atomic mass is 16.5. The summed E-state index contributed by atoms with van der Waals surface area (Å²) >= 11 is 0. The second kappa shape index (κ2) is 15.6. The largest absolute Gasteiger partial charge is 0.389 e. The predicted molar refractivity (Wildman–Crippen MR) is 115 cm³/mol. The Morgan fingerprint density at radius 1 is 1.04 bits per heavy atom. The first kappa shape index (κ1) is 24.4. The number of aliphatic hydroxyl groups is 1. The summed E-state index contributed by atoms with van der Waals surface area (Å²) in [6.07, 6.45) is 21.6. The summed E-state index contributed by atoms with van der Waals surface area (Å²) in [6.45, 7) is 12.2. The number of aliphatic hydroxyl groups excluding tert-OH is 1. The fourth-order valence-corrected chi connectivity index (χ4v) is 2.68. The van der Waals surface area contributed by atoms with Gasteiger partial charge in [-0.25, -0.2) is 0 Å². The van der Waals surface area contributed by atoms with Crippen molar-refractivity contribution in [3.8, 4) is 0 Å². The molecule has 2 nitrogen and oxygen atoms in total. The lowest BCUT2D eigenvalue weighted by Gasteiger charge is -2.15. The molecule has 0 aromatic heterocycles. The Morgan fingerprint density at radius 3 is 2.27 bits per heavy atom. The normalized spacial score (nSPS) is 17.3. The van der Waals surface area contributed by atoms with Crippen LogP contribution in [-0.4, -0.2) is 24.4 Å². The van der Waals surface area contributed by atoms with Gasteiger partial charge in [-0.3, -0.25) is 0 Å². The minimum atomic E-state index is -0.412. The lowest BCUT2D eigenvalue weighted by molar-refractivity contribution is 0.133. The van der Waals surface area contributed by atoms with Gasteiger partial charge in [-0.1, -0.05) is 67.2 Å². The number of allylic oxidation sites excluding steroid dienone is 7. The molecule has 0 saturated heterocycles. The molecule has 26 heavy (non-hydrogen) atoms. The Bertz CT molecular complexity index is 520. The Kier molecular flexibility index (Phi) is 14.6. The fourth-order valence-electron chi connectivity index (χ4n) is 2.68. The quantitative estimate of drug-likeness (QED) is 0.308. The van der Waals surface area contributed by atoms with E-state index < -0.39 is 6.10 Å². The third-order valence-corrected chi connectivity index (χ3v) is 4.14. The highest BCUT2D eigenvalue weighted by Crippen LogP contribution is 2.15. The van der Waals surface area contributed by atoms with Crippen molar-refractivity contribution in [2.24, 2.45) is 5.92 Å². The van der Waals surface area contributed by atoms with Crippen molar-refractivity contribution in [3.05, 3.63) is 72.4 Å². The summed E-state index contributed by atoms with van der Waals surface area (Å²) in [5.41, 5.74) is 2.45. The maximum absolute atomic E-state index is 9.98. The topological polar surface area (TPSA) is 29.5 Å². The summed E-state index contributed by atoms with van der Waals surface area (Å²) in [7, 11) is 1.74. The van der Waals surface area contributed by atoms with E-state index in [0.717, 1.165) is 19.3 Å². The summed E-state index contributed by atoms with van der Waals surface area (Å²) in [4.78, 5) is 0. The molecule has 0 aliphatic heterocycles. The maximum atomic E-state index is 9.98. The van der Waals surface area contributed by atoms with Crippen LogP contribution in [0.3, 0.4) is 0 Å². The molecule has 0 rings (SSSR count). The Balaban J connectivity index is 4.29. The molecule has 0 radical (unpaired) electrons. The molecule has 0 saturated carbocycles. The molecule has 146 valence electrons. The van der Waals surface area contributed by atoms with Crippen molar-refractivity contribution in [1.82, 2.24) is 0 Å². The zero-order valence-electron chi connectivity index (χ0n) is 17.3. The number of rotatable bonds is 13. The van der Waals surface area contributed by atoms with Gasteiger partial charge in [0.15, 0.2) is 0 Å². The molecule has 0 fully saturated rings.